The van der Waals surface area contributed by atoms with Crippen molar-refractivity contribution >= 4 is 22.9 Å². The number of benzene rings is 1. The van der Waals surface area contributed by atoms with Gasteiger partial charge in [-0.2, -0.15) is 9.97 Å². The molecule has 1 fully saturated rings. The Kier molecular flexibility index (Phi) is 6.02. The smallest absolute Gasteiger partial charge is 0.226 e. The van der Waals surface area contributed by atoms with Crippen LogP contribution in [0.15, 0.2) is 53.6 Å². The predicted molar refractivity (Wildman–Crippen MR) is 126 cm³/mol. The van der Waals surface area contributed by atoms with Crippen LogP contribution in [0.3, 0.4) is 0 Å². The molecule has 5 rings (SSSR count). The van der Waals surface area contributed by atoms with Crippen LogP contribution in [-0.2, 0) is 6.54 Å². The molecule has 32 heavy (non-hydrogen) atoms. The van der Waals surface area contributed by atoms with Crippen molar-refractivity contribution in [1.29, 1.82) is 0 Å². The number of anilines is 2. The predicted octanol–water partition coefficient (Wildman–Crippen LogP) is 4.57. The fourth-order valence-corrected chi connectivity index (χ4v) is 4.30. The minimum absolute atomic E-state index is 0.468. The third-order valence-corrected chi connectivity index (χ3v) is 6.07. The van der Waals surface area contributed by atoms with Crippen LogP contribution in [0.1, 0.15) is 43.7 Å². The minimum atomic E-state index is 0.468. The van der Waals surface area contributed by atoms with Crippen LogP contribution in [0.2, 0.25) is 0 Å². The van der Waals surface area contributed by atoms with E-state index in [-0.39, 0.29) is 0 Å². The summed E-state index contributed by atoms with van der Waals surface area (Å²) in [5, 5.41) is 6.80. The molecule has 166 valence electrons. The van der Waals surface area contributed by atoms with Gasteiger partial charge in [0.2, 0.25) is 5.95 Å². The standard InChI is InChI=1S/C24H29N7O/c25-11-3-12-26-24-29-22(21-23(30-24)31(16-28-21)20-4-1-2-5-20)27-14-17-6-8-18(9-7-17)19-10-13-32-15-19/h6-10,13,15-16,20H,1-5,11-12,14,25H2,(H2,26,27,29,30). The second-order valence-electron chi connectivity index (χ2n) is 8.29. The Balaban J connectivity index is 1.39. The topological polar surface area (TPSA) is 107 Å². The van der Waals surface area contributed by atoms with E-state index in [1.165, 1.54) is 25.7 Å². The monoisotopic (exact) mass is 431 g/mol. The molecule has 8 nitrogen and oxygen atoms in total. The van der Waals surface area contributed by atoms with Gasteiger partial charge in [-0.15, -0.1) is 0 Å². The van der Waals surface area contributed by atoms with Crippen molar-refractivity contribution in [3.63, 3.8) is 0 Å². The molecule has 1 aliphatic carbocycles. The molecular formula is C24H29N7O. The maximum atomic E-state index is 5.64. The van der Waals surface area contributed by atoms with Gasteiger partial charge in [0, 0.05) is 24.7 Å². The maximum absolute atomic E-state index is 5.64. The van der Waals surface area contributed by atoms with Crippen LogP contribution in [0, 0.1) is 0 Å². The second-order valence-corrected chi connectivity index (χ2v) is 8.29. The van der Waals surface area contributed by atoms with Crippen molar-refractivity contribution in [2.24, 2.45) is 5.73 Å². The van der Waals surface area contributed by atoms with Gasteiger partial charge in [0.15, 0.2) is 17.0 Å². The second kappa shape index (κ2) is 9.40. The van der Waals surface area contributed by atoms with Gasteiger partial charge in [0.1, 0.15) is 0 Å². The number of aromatic nitrogens is 4. The summed E-state index contributed by atoms with van der Waals surface area (Å²) < 4.78 is 7.41. The quantitative estimate of drug-likeness (QED) is 0.333. The molecular weight excluding hydrogens is 402 g/mol. The van der Waals surface area contributed by atoms with Gasteiger partial charge in [0.25, 0.3) is 0 Å². The lowest BCUT2D eigenvalue weighted by Crippen LogP contribution is -2.13. The molecule has 3 heterocycles. The SMILES string of the molecule is NCCCNc1nc(NCc2ccc(-c3ccoc3)cc2)c2ncn(C3CCCC3)c2n1. The zero-order valence-corrected chi connectivity index (χ0v) is 18.1. The van der Waals surface area contributed by atoms with Crippen LogP contribution in [0.25, 0.3) is 22.3 Å². The van der Waals surface area contributed by atoms with E-state index >= 15 is 0 Å². The fourth-order valence-electron chi connectivity index (χ4n) is 4.30. The number of hydrogen-bond acceptors (Lipinski definition) is 7. The third-order valence-electron chi connectivity index (χ3n) is 6.07. The van der Waals surface area contributed by atoms with Crippen LogP contribution >= 0.6 is 0 Å². The van der Waals surface area contributed by atoms with Crippen molar-refractivity contribution in [3.8, 4) is 11.1 Å². The summed E-state index contributed by atoms with van der Waals surface area (Å²) in [6.07, 6.45) is 11.1. The molecule has 1 saturated carbocycles. The van der Waals surface area contributed by atoms with Crippen molar-refractivity contribution in [1.82, 2.24) is 19.5 Å². The number of nitrogens with one attached hydrogen (secondary N) is 2. The van der Waals surface area contributed by atoms with E-state index in [4.69, 9.17) is 20.1 Å². The molecule has 0 atom stereocenters. The van der Waals surface area contributed by atoms with Gasteiger partial charge in [-0.25, -0.2) is 4.98 Å². The normalized spacial score (nSPS) is 14.3. The molecule has 0 unspecified atom stereocenters. The van der Waals surface area contributed by atoms with Crippen LogP contribution < -0.4 is 16.4 Å². The number of imidazole rings is 1. The van der Waals surface area contributed by atoms with Crippen molar-refractivity contribution in [3.05, 3.63) is 54.7 Å². The number of furan rings is 1. The van der Waals surface area contributed by atoms with Crippen molar-refractivity contribution in [2.45, 2.75) is 44.7 Å². The summed E-state index contributed by atoms with van der Waals surface area (Å²) in [4.78, 5) is 14.2. The van der Waals surface area contributed by atoms with E-state index in [1.54, 1.807) is 12.5 Å². The molecule has 0 spiro atoms. The van der Waals surface area contributed by atoms with E-state index in [0.717, 1.165) is 46.6 Å². The van der Waals surface area contributed by atoms with Gasteiger partial charge in [-0.1, -0.05) is 37.1 Å². The Morgan fingerprint density at radius 3 is 2.62 bits per heavy atom. The largest absolute Gasteiger partial charge is 0.472 e. The molecule has 4 N–H and O–H groups in total. The van der Waals surface area contributed by atoms with Crippen LogP contribution in [-0.4, -0.2) is 32.6 Å². The summed E-state index contributed by atoms with van der Waals surface area (Å²) >= 11 is 0. The van der Waals surface area contributed by atoms with E-state index < -0.39 is 0 Å². The molecule has 1 aliphatic rings. The Hall–Kier alpha value is -3.39. The molecule has 8 heteroatoms. The molecule has 0 amide bonds. The van der Waals surface area contributed by atoms with Crippen molar-refractivity contribution < 1.29 is 4.42 Å². The highest BCUT2D eigenvalue weighted by atomic mass is 16.3. The summed E-state index contributed by atoms with van der Waals surface area (Å²) in [6, 6.07) is 10.9. The number of nitrogens with zero attached hydrogens (tertiary/aromatic N) is 4. The minimum Gasteiger partial charge on any atom is -0.472 e. The summed E-state index contributed by atoms with van der Waals surface area (Å²) in [5.74, 6) is 1.37. The molecule has 0 saturated heterocycles. The number of hydrogen-bond donors (Lipinski definition) is 3. The summed E-state index contributed by atoms with van der Waals surface area (Å²) in [5.41, 5.74) is 10.7. The highest BCUT2D eigenvalue weighted by Crippen LogP contribution is 2.33. The lowest BCUT2D eigenvalue weighted by molar-refractivity contribution is 0.529. The Morgan fingerprint density at radius 2 is 1.88 bits per heavy atom. The zero-order chi connectivity index (χ0) is 21.8. The average Bonchev–Trinajstić information content (AvgIpc) is 3.59. The summed E-state index contributed by atoms with van der Waals surface area (Å²) in [6.45, 7) is 2.03. The van der Waals surface area contributed by atoms with Crippen LogP contribution in [0.5, 0.6) is 0 Å². The van der Waals surface area contributed by atoms with E-state index in [1.807, 2.05) is 12.4 Å². The zero-order valence-electron chi connectivity index (χ0n) is 18.1. The molecule has 3 aromatic heterocycles. The number of nitrogens with two attached hydrogens (primary N) is 1. The van der Waals surface area contributed by atoms with Gasteiger partial charge in [-0.3, -0.25) is 0 Å². The lowest BCUT2D eigenvalue weighted by Gasteiger charge is -2.14. The average molecular weight is 432 g/mol. The van der Waals surface area contributed by atoms with Crippen molar-refractivity contribution in [2.75, 3.05) is 23.7 Å². The highest BCUT2D eigenvalue weighted by Gasteiger charge is 2.21. The Morgan fingerprint density at radius 1 is 1.03 bits per heavy atom. The molecule has 0 aliphatic heterocycles. The molecule has 1 aromatic carbocycles. The van der Waals surface area contributed by atoms with E-state index in [0.29, 0.717) is 25.1 Å². The van der Waals surface area contributed by atoms with E-state index in [2.05, 4.69) is 44.5 Å². The first kappa shape index (κ1) is 20.5. The van der Waals surface area contributed by atoms with Gasteiger partial charge in [0.05, 0.1) is 18.9 Å². The van der Waals surface area contributed by atoms with Gasteiger partial charge in [-0.05, 0) is 43.0 Å². The van der Waals surface area contributed by atoms with E-state index in [9.17, 15) is 0 Å². The molecule has 4 aromatic rings. The van der Waals surface area contributed by atoms with Gasteiger partial charge >= 0.3 is 0 Å². The summed E-state index contributed by atoms with van der Waals surface area (Å²) in [7, 11) is 0. The fraction of sp³-hybridized carbons (Fsp3) is 0.375. The van der Waals surface area contributed by atoms with Crippen LogP contribution in [0.4, 0.5) is 11.8 Å². The maximum Gasteiger partial charge on any atom is 0.226 e. The third kappa shape index (κ3) is 4.31. The Labute approximate surface area is 187 Å². The Bertz CT molecular complexity index is 1150. The number of fused-ring (bicyclic) bond motifs is 1. The first-order chi connectivity index (χ1) is 15.8. The van der Waals surface area contributed by atoms with Gasteiger partial charge < -0.3 is 25.4 Å². The highest BCUT2D eigenvalue weighted by molar-refractivity contribution is 5.84. The molecule has 0 bridgehead atoms. The number of rotatable bonds is 9. The first-order valence-corrected chi connectivity index (χ1v) is 11.4. The lowest BCUT2D eigenvalue weighted by atomic mass is 10.1. The first-order valence-electron chi connectivity index (χ1n) is 11.4. The molecule has 0 radical (unpaired) electrons.